The molecule has 1 aliphatic heterocycles. The van der Waals surface area contributed by atoms with E-state index in [-0.39, 0.29) is 5.91 Å². The highest BCUT2D eigenvalue weighted by Gasteiger charge is 2.10. The van der Waals surface area contributed by atoms with Gasteiger partial charge in [-0.1, -0.05) is 51.0 Å². The summed E-state index contributed by atoms with van der Waals surface area (Å²) in [4.78, 5) is 14.9. The molecule has 0 aromatic heterocycles. The first-order valence-electron chi connectivity index (χ1n) is 11.4. The SMILES string of the molecule is CC(C)COc1ccc(C(=O)NCCc2ccc(CN3CCCCCC3)cc2)cc1. The quantitative estimate of drug-likeness (QED) is 0.630. The molecule has 1 aliphatic rings. The van der Waals surface area contributed by atoms with Crippen molar-refractivity contribution in [3.8, 4) is 5.75 Å². The molecule has 0 bridgehead atoms. The van der Waals surface area contributed by atoms with Gasteiger partial charge in [-0.25, -0.2) is 0 Å². The maximum absolute atomic E-state index is 12.4. The smallest absolute Gasteiger partial charge is 0.251 e. The molecular formula is C26H36N2O2. The summed E-state index contributed by atoms with van der Waals surface area (Å²) >= 11 is 0. The number of nitrogens with zero attached hydrogens (tertiary/aromatic N) is 1. The lowest BCUT2D eigenvalue weighted by molar-refractivity contribution is 0.0954. The van der Waals surface area contributed by atoms with Gasteiger partial charge in [0.2, 0.25) is 0 Å². The summed E-state index contributed by atoms with van der Waals surface area (Å²) in [7, 11) is 0. The van der Waals surface area contributed by atoms with Crippen LogP contribution in [0.5, 0.6) is 5.75 Å². The van der Waals surface area contributed by atoms with Gasteiger partial charge in [-0.2, -0.15) is 0 Å². The molecule has 162 valence electrons. The molecule has 4 heteroatoms. The summed E-state index contributed by atoms with van der Waals surface area (Å²) in [6, 6.07) is 16.2. The highest BCUT2D eigenvalue weighted by atomic mass is 16.5. The maximum atomic E-state index is 12.4. The second-order valence-electron chi connectivity index (χ2n) is 8.74. The Kier molecular flexibility index (Phi) is 8.76. The molecule has 1 fully saturated rings. The van der Waals surface area contributed by atoms with E-state index in [1.165, 1.54) is 49.9 Å². The number of hydrogen-bond acceptors (Lipinski definition) is 3. The van der Waals surface area contributed by atoms with Crippen molar-refractivity contribution in [2.45, 2.75) is 52.5 Å². The highest BCUT2D eigenvalue weighted by molar-refractivity contribution is 5.94. The molecule has 2 aromatic carbocycles. The van der Waals surface area contributed by atoms with Crippen LogP contribution in [0.15, 0.2) is 48.5 Å². The van der Waals surface area contributed by atoms with Crippen molar-refractivity contribution in [2.75, 3.05) is 26.2 Å². The number of rotatable bonds is 9. The normalized spacial score (nSPS) is 15.0. The zero-order chi connectivity index (χ0) is 21.2. The van der Waals surface area contributed by atoms with Crippen LogP contribution in [0.2, 0.25) is 0 Å². The van der Waals surface area contributed by atoms with Crippen molar-refractivity contribution in [2.24, 2.45) is 5.92 Å². The number of amides is 1. The summed E-state index contributed by atoms with van der Waals surface area (Å²) in [5.41, 5.74) is 3.30. The Bertz CT molecular complexity index is 761. The van der Waals surface area contributed by atoms with Crippen molar-refractivity contribution in [1.82, 2.24) is 10.2 Å². The fourth-order valence-corrected chi connectivity index (χ4v) is 3.75. The molecule has 30 heavy (non-hydrogen) atoms. The molecule has 1 amide bonds. The number of nitrogens with one attached hydrogen (secondary N) is 1. The van der Waals surface area contributed by atoms with Gasteiger partial charge in [0.05, 0.1) is 6.61 Å². The predicted molar refractivity (Wildman–Crippen MR) is 123 cm³/mol. The van der Waals surface area contributed by atoms with E-state index in [0.29, 0.717) is 24.6 Å². The van der Waals surface area contributed by atoms with Crippen molar-refractivity contribution >= 4 is 5.91 Å². The topological polar surface area (TPSA) is 41.6 Å². The lowest BCUT2D eigenvalue weighted by Gasteiger charge is -2.19. The molecule has 3 rings (SSSR count). The zero-order valence-electron chi connectivity index (χ0n) is 18.5. The second kappa shape index (κ2) is 11.8. The third-order valence-electron chi connectivity index (χ3n) is 5.53. The summed E-state index contributed by atoms with van der Waals surface area (Å²) in [6.07, 6.45) is 6.23. The minimum Gasteiger partial charge on any atom is -0.493 e. The van der Waals surface area contributed by atoms with E-state index in [1.54, 1.807) is 0 Å². The van der Waals surface area contributed by atoms with Gasteiger partial charge in [-0.3, -0.25) is 9.69 Å². The van der Waals surface area contributed by atoms with Gasteiger partial charge in [-0.15, -0.1) is 0 Å². The average Bonchev–Trinajstić information content (AvgIpc) is 3.02. The Morgan fingerprint density at radius 2 is 1.57 bits per heavy atom. The minimum absolute atomic E-state index is 0.0387. The Morgan fingerprint density at radius 1 is 0.933 bits per heavy atom. The van der Waals surface area contributed by atoms with Crippen LogP contribution in [0, 0.1) is 5.92 Å². The van der Waals surface area contributed by atoms with Crippen LogP contribution >= 0.6 is 0 Å². The van der Waals surface area contributed by atoms with Gasteiger partial charge in [0.1, 0.15) is 5.75 Å². The number of hydrogen-bond donors (Lipinski definition) is 1. The van der Waals surface area contributed by atoms with Crippen LogP contribution in [0.25, 0.3) is 0 Å². The highest BCUT2D eigenvalue weighted by Crippen LogP contribution is 2.15. The Labute approximate surface area is 181 Å². The molecule has 2 aromatic rings. The molecule has 1 saturated heterocycles. The fourth-order valence-electron chi connectivity index (χ4n) is 3.75. The van der Waals surface area contributed by atoms with Gasteiger partial charge in [0, 0.05) is 18.7 Å². The Balaban J connectivity index is 1.40. The molecule has 0 atom stereocenters. The van der Waals surface area contributed by atoms with Gasteiger partial charge < -0.3 is 10.1 Å². The van der Waals surface area contributed by atoms with E-state index in [0.717, 1.165) is 18.7 Å². The summed E-state index contributed by atoms with van der Waals surface area (Å²) in [5.74, 6) is 1.25. The largest absolute Gasteiger partial charge is 0.493 e. The lowest BCUT2D eigenvalue weighted by Crippen LogP contribution is -2.25. The van der Waals surface area contributed by atoms with Gasteiger partial charge in [0.25, 0.3) is 5.91 Å². The predicted octanol–water partition coefficient (Wildman–Crippen LogP) is 5.07. The van der Waals surface area contributed by atoms with E-state index < -0.39 is 0 Å². The standard InChI is InChI=1S/C26H36N2O2/c1-21(2)20-30-25-13-11-24(12-14-25)26(29)27-16-15-22-7-9-23(10-8-22)19-28-17-5-3-4-6-18-28/h7-14,21H,3-6,15-20H2,1-2H3,(H,27,29). The lowest BCUT2D eigenvalue weighted by atomic mass is 10.1. The van der Waals surface area contributed by atoms with E-state index in [2.05, 4.69) is 48.3 Å². The fraction of sp³-hybridized carbons (Fsp3) is 0.500. The molecule has 0 radical (unpaired) electrons. The van der Waals surface area contributed by atoms with Gasteiger partial charge in [-0.05, 0) is 73.7 Å². The molecule has 0 unspecified atom stereocenters. The number of ether oxygens (including phenoxy) is 1. The first kappa shape index (κ1) is 22.4. The summed E-state index contributed by atoms with van der Waals surface area (Å²) < 4.78 is 5.67. The van der Waals surface area contributed by atoms with Gasteiger partial charge in [0.15, 0.2) is 0 Å². The first-order valence-corrected chi connectivity index (χ1v) is 11.4. The minimum atomic E-state index is -0.0387. The molecule has 1 heterocycles. The maximum Gasteiger partial charge on any atom is 0.251 e. The number of carbonyl (C=O) groups excluding carboxylic acids is 1. The van der Waals surface area contributed by atoms with Crippen LogP contribution in [-0.2, 0) is 13.0 Å². The average molecular weight is 409 g/mol. The third-order valence-corrected chi connectivity index (χ3v) is 5.53. The van der Waals surface area contributed by atoms with E-state index in [9.17, 15) is 4.79 Å². The summed E-state index contributed by atoms with van der Waals surface area (Å²) in [5, 5.41) is 3.02. The van der Waals surface area contributed by atoms with Crippen LogP contribution < -0.4 is 10.1 Å². The zero-order valence-corrected chi connectivity index (χ0v) is 18.5. The second-order valence-corrected chi connectivity index (χ2v) is 8.74. The molecular weight excluding hydrogens is 372 g/mol. The van der Waals surface area contributed by atoms with Crippen LogP contribution in [-0.4, -0.2) is 37.0 Å². The molecule has 1 N–H and O–H groups in total. The molecule has 0 saturated carbocycles. The van der Waals surface area contributed by atoms with Crippen LogP contribution in [0.3, 0.4) is 0 Å². The van der Waals surface area contributed by atoms with E-state index in [4.69, 9.17) is 4.74 Å². The number of carbonyl (C=O) groups is 1. The Morgan fingerprint density at radius 3 is 2.20 bits per heavy atom. The number of likely N-dealkylation sites (tertiary alicyclic amines) is 1. The van der Waals surface area contributed by atoms with Crippen LogP contribution in [0.1, 0.15) is 61.0 Å². The van der Waals surface area contributed by atoms with Crippen LogP contribution in [0.4, 0.5) is 0 Å². The van der Waals surface area contributed by atoms with Gasteiger partial charge >= 0.3 is 0 Å². The van der Waals surface area contributed by atoms with Crippen molar-refractivity contribution in [3.05, 3.63) is 65.2 Å². The first-order chi connectivity index (χ1) is 14.6. The summed E-state index contributed by atoms with van der Waals surface area (Å²) in [6.45, 7) is 9.04. The number of benzene rings is 2. The molecule has 0 aliphatic carbocycles. The Hall–Kier alpha value is -2.33. The van der Waals surface area contributed by atoms with Crippen molar-refractivity contribution in [3.63, 3.8) is 0 Å². The molecule has 0 spiro atoms. The van der Waals surface area contributed by atoms with E-state index >= 15 is 0 Å². The van der Waals surface area contributed by atoms with E-state index in [1.807, 2.05) is 24.3 Å². The monoisotopic (exact) mass is 408 g/mol. The van der Waals surface area contributed by atoms with Crippen molar-refractivity contribution < 1.29 is 9.53 Å². The van der Waals surface area contributed by atoms with Crippen molar-refractivity contribution in [1.29, 1.82) is 0 Å². The molecule has 4 nitrogen and oxygen atoms in total. The third kappa shape index (κ3) is 7.49.